The van der Waals surface area contributed by atoms with E-state index in [9.17, 15) is 9.59 Å². The Labute approximate surface area is 149 Å². The lowest BCUT2D eigenvalue weighted by molar-refractivity contribution is 0.0602. The summed E-state index contributed by atoms with van der Waals surface area (Å²) in [5, 5.41) is 3.43. The zero-order valence-electron chi connectivity index (χ0n) is 14.6. The van der Waals surface area contributed by atoms with Gasteiger partial charge < -0.3 is 24.5 Å². The molecule has 0 atom stereocenters. The van der Waals surface area contributed by atoms with Crippen LogP contribution in [0.5, 0.6) is 11.5 Å². The van der Waals surface area contributed by atoms with E-state index in [1.807, 2.05) is 0 Å². The summed E-state index contributed by atoms with van der Waals surface area (Å²) in [6, 6.07) is 10.1. The van der Waals surface area contributed by atoms with Gasteiger partial charge in [-0.15, -0.1) is 0 Å². The number of carbonyl (C=O) groups is 2. The monoisotopic (exact) mass is 354 g/mol. The minimum absolute atomic E-state index is 0.280. The number of benzene rings is 2. The van der Waals surface area contributed by atoms with E-state index in [0.29, 0.717) is 28.1 Å². The number of esters is 1. The van der Waals surface area contributed by atoms with Crippen molar-refractivity contribution in [3.63, 3.8) is 0 Å². The van der Waals surface area contributed by atoms with E-state index in [4.69, 9.17) is 14.2 Å². The first-order valence-corrected chi connectivity index (χ1v) is 7.80. The van der Waals surface area contributed by atoms with Gasteiger partial charge in [-0.1, -0.05) is 12.1 Å². The van der Waals surface area contributed by atoms with Crippen LogP contribution < -0.4 is 14.8 Å². The number of carbonyl (C=O) groups excluding carboxylic acids is 2. The predicted molar refractivity (Wildman–Crippen MR) is 97.1 cm³/mol. The molecule has 0 bridgehead atoms. The summed E-state index contributed by atoms with van der Waals surface area (Å²) in [5.41, 5.74) is 1.80. The summed E-state index contributed by atoms with van der Waals surface area (Å²) in [6.07, 6.45) is 1.60. The largest absolute Gasteiger partial charge is 0.493 e. The number of fused-ring (bicyclic) bond motifs is 1. The fourth-order valence-corrected chi connectivity index (χ4v) is 2.71. The van der Waals surface area contributed by atoms with E-state index in [1.165, 1.54) is 14.2 Å². The molecule has 1 heterocycles. The number of anilines is 1. The first-order valence-electron chi connectivity index (χ1n) is 7.80. The normalized spacial score (nSPS) is 10.4. The van der Waals surface area contributed by atoms with Crippen molar-refractivity contribution in [3.05, 3.63) is 53.7 Å². The van der Waals surface area contributed by atoms with E-state index in [0.717, 1.165) is 5.52 Å². The van der Waals surface area contributed by atoms with Gasteiger partial charge in [-0.3, -0.25) is 4.79 Å². The molecule has 0 aliphatic carbocycles. The molecule has 0 aliphatic rings. The SMILES string of the molecule is COC(=O)c1ccccc1NC(=O)c1c[nH]c2cc(OC)c(OC)cc12. The lowest BCUT2D eigenvalue weighted by Crippen LogP contribution is -2.15. The highest BCUT2D eigenvalue weighted by atomic mass is 16.5. The summed E-state index contributed by atoms with van der Waals surface area (Å²) in [5.74, 6) is 0.194. The molecule has 0 saturated carbocycles. The molecule has 7 heteroatoms. The van der Waals surface area contributed by atoms with Crippen molar-refractivity contribution in [1.82, 2.24) is 4.98 Å². The van der Waals surface area contributed by atoms with Crippen LogP contribution in [0.1, 0.15) is 20.7 Å². The first kappa shape index (κ1) is 17.3. The van der Waals surface area contributed by atoms with Crippen molar-refractivity contribution < 1.29 is 23.8 Å². The van der Waals surface area contributed by atoms with Gasteiger partial charge in [0.2, 0.25) is 0 Å². The zero-order chi connectivity index (χ0) is 18.7. The molecule has 0 fully saturated rings. The van der Waals surface area contributed by atoms with E-state index < -0.39 is 5.97 Å². The molecule has 2 N–H and O–H groups in total. The zero-order valence-corrected chi connectivity index (χ0v) is 14.6. The Balaban J connectivity index is 1.98. The van der Waals surface area contributed by atoms with E-state index in [-0.39, 0.29) is 11.5 Å². The summed E-state index contributed by atoms with van der Waals surface area (Å²) in [7, 11) is 4.37. The lowest BCUT2D eigenvalue weighted by atomic mass is 10.1. The average molecular weight is 354 g/mol. The lowest BCUT2D eigenvalue weighted by Gasteiger charge is -2.10. The molecule has 3 rings (SSSR count). The molecule has 0 spiro atoms. The fourth-order valence-electron chi connectivity index (χ4n) is 2.71. The Morgan fingerprint density at radius 1 is 0.962 bits per heavy atom. The smallest absolute Gasteiger partial charge is 0.339 e. The van der Waals surface area contributed by atoms with Crippen LogP contribution in [0.25, 0.3) is 10.9 Å². The summed E-state index contributed by atoms with van der Waals surface area (Å²) >= 11 is 0. The topological polar surface area (TPSA) is 89.7 Å². The van der Waals surface area contributed by atoms with Gasteiger partial charge in [0.05, 0.1) is 43.7 Å². The maximum atomic E-state index is 12.8. The minimum atomic E-state index is -0.522. The molecule has 3 aromatic rings. The van der Waals surface area contributed by atoms with E-state index in [2.05, 4.69) is 10.3 Å². The third-order valence-corrected chi connectivity index (χ3v) is 4.01. The highest BCUT2D eigenvalue weighted by molar-refractivity contribution is 6.14. The quantitative estimate of drug-likeness (QED) is 0.687. The van der Waals surface area contributed by atoms with Gasteiger partial charge in [0, 0.05) is 17.6 Å². The minimum Gasteiger partial charge on any atom is -0.493 e. The van der Waals surface area contributed by atoms with E-state index >= 15 is 0 Å². The Hall–Kier alpha value is -3.48. The Morgan fingerprint density at radius 2 is 1.65 bits per heavy atom. The number of nitrogens with one attached hydrogen (secondary N) is 2. The molecule has 134 valence electrons. The molecule has 7 nitrogen and oxygen atoms in total. The van der Waals surface area contributed by atoms with Crippen molar-refractivity contribution >= 4 is 28.5 Å². The molecule has 26 heavy (non-hydrogen) atoms. The standard InChI is InChI=1S/C19H18N2O5/c1-24-16-8-12-13(10-20-15(12)9-17(16)25-2)18(22)21-14-7-5-4-6-11(14)19(23)26-3/h4-10,20H,1-3H3,(H,21,22). The van der Waals surface area contributed by atoms with Gasteiger partial charge in [-0.2, -0.15) is 0 Å². The maximum absolute atomic E-state index is 12.8. The number of methoxy groups -OCH3 is 3. The van der Waals surface area contributed by atoms with Crippen LogP contribution in [-0.2, 0) is 4.74 Å². The van der Waals surface area contributed by atoms with Crippen molar-refractivity contribution in [2.24, 2.45) is 0 Å². The second kappa shape index (κ2) is 7.18. The van der Waals surface area contributed by atoms with Crippen LogP contribution >= 0.6 is 0 Å². The molecule has 1 amide bonds. The number of amides is 1. The Kier molecular flexibility index (Phi) is 4.79. The van der Waals surface area contributed by atoms with Crippen LogP contribution in [0.15, 0.2) is 42.6 Å². The van der Waals surface area contributed by atoms with Crippen molar-refractivity contribution in [1.29, 1.82) is 0 Å². The number of hydrogen-bond donors (Lipinski definition) is 2. The number of rotatable bonds is 5. The molecule has 0 aliphatic heterocycles. The number of para-hydroxylation sites is 1. The molecular formula is C19H18N2O5. The Morgan fingerprint density at radius 3 is 2.35 bits per heavy atom. The van der Waals surface area contributed by atoms with Crippen molar-refractivity contribution in [2.75, 3.05) is 26.6 Å². The first-order chi connectivity index (χ1) is 12.6. The van der Waals surface area contributed by atoms with Gasteiger partial charge in [0.25, 0.3) is 5.91 Å². The summed E-state index contributed by atoms with van der Waals surface area (Å²) in [6.45, 7) is 0. The maximum Gasteiger partial charge on any atom is 0.339 e. The summed E-state index contributed by atoms with van der Waals surface area (Å²) < 4.78 is 15.3. The predicted octanol–water partition coefficient (Wildman–Crippen LogP) is 3.22. The van der Waals surface area contributed by atoms with Crippen molar-refractivity contribution in [2.45, 2.75) is 0 Å². The highest BCUT2D eigenvalue weighted by Crippen LogP contribution is 2.33. The van der Waals surface area contributed by atoms with Gasteiger partial charge in [0.1, 0.15) is 0 Å². The van der Waals surface area contributed by atoms with Crippen LogP contribution in [0.4, 0.5) is 5.69 Å². The number of ether oxygens (including phenoxy) is 3. The second-order valence-corrected chi connectivity index (χ2v) is 5.45. The van der Waals surface area contributed by atoms with Gasteiger partial charge >= 0.3 is 5.97 Å². The molecule has 0 unspecified atom stereocenters. The van der Waals surface area contributed by atoms with Crippen LogP contribution in [0.2, 0.25) is 0 Å². The number of aromatic nitrogens is 1. The summed E-state index contributed by atoms with van der Waals surface area (Å²) in [4.78, 5) is 27.7. The Bertz CT molecular complexity index is 977. The van der Waals surface area contributed by atoms with E-state index in [1.54, 1.807) is 49.7 Å². The molecule has 1 aromatic heterocycles. The highest BCUT2D eigenvalue weighted by Gasteiger charge is 2.18. The van der Waals surface area contributed by atoms with Gasteiger partial charge in [-0.05, 0) is 18.2 Å². The van der Waals surface area contributed by atoms with Crippen molar-refractivity contribution in [3.8, 4) is 11.5 Å². The van der Waals surface area contributed by atoms with Crippen LogP contribution in [0, 0.1) is 0 Å². The molecule has 0 radical (unpaired) electrons. The van der Waals surface area contributed by atoms with Crippen LogP contribution in [-0.4, -0.2) is 38.2 Å². The molecular weight excluding hydrogens is 336 g/mol. The number of aromatic amines is 1. The molecule has 0 saturated heterocycles. The number of H-pyrrole nitrogens is 1. The molecule has 2 aromatic carbocycles. The average Bonchev–Trinajstić information content (AvgIpc) is 3.09. The van der Waals surface area contributed by atoms with Gasteiger partial charge in [0.15, 0.2) is 11.5 Å². The number of hydrogen-bond acceptors (Lipinski definition) is 5. The third-order valence-electron chi connectivity index (χ3n) is 4.01. The van der Waals surface area contributed by atoms with Crippen LogP contribution in [0.3, 0.4) is 0 Å². The fraction of sp³-hybridized carbons (Fsp3) is 0.158. The third kappa shape index (κ3) is 3.06. The second-order valence-electron chi connectivity index (χ2n) is 5.45. The van der Waals surface area contributed by atoms with Gasteiger partial charge in [-0.25, -0.2) is 4.79 Å².